The molecule has 1 aliphatic rings. The molecular formula is C25H23F3N4O3. The maximum Gasteiger partial charge on any atom is 0.390 e. The van der Waals surface area contributed by atoms with Crippen LogP contribution in [0.4, 0.5) is 18.9 Å². The van der Waals surface area contributed by atoms with Crippen molar-refractivity contribution in [2.75, 3.05) is 25.1 Å². The van der Waals surface area contributed by atoms with Crippen molar-refractivity contribution in [2.45, 2.75) is 25.5 Å². The molecule has 0 saturated carbocycles. The van der Waals surface area contributed by atoms with Crippen molar-refractivity contribution >= 4 is 11.3 Å². The number of rotatable bonds is 7. The van der Waals surface area contributed by atoms with E-state index in [1.807, 2.05) is 30.3 Å². The number of hydrogen-bond acceptors (Lipinski definition) is 6. The minimum Gasteiger partial charge on any atom is -0.392 e. The number of fused-ring (bicyclic) bond motifs is 1. The molecule has 0 aliphatic carbocycles. The van der Waals surface area contributed by atoms with Crippen molar-refractivity contribution in [3.8, 4) is 22.5 Å². The van der Waals surface area contributed by atoms with E-state index in [9.17, 15) is 18.3 Å². The van der Waals surface area contributed by atoms with Crippen molar-refractivity contribution in [2.24, 2.45) is 0 Å². The third-order valence-electron chi connectivity index (χ3n) is 5.70. The molecule has 7 nitrogen and oxygen atoms in total. The van der Waals surface area contributed by atoms with Crippen molar-refractivity contribution in [1.82, 2.24) is 14.6 Å². The SMILES string of the molecule is OCc1cccc(-c2cc(NCCC(F)(F)F)c3ncc(-c4ccc(C5OCCO5)cc4)n3n2)c1. The molecule has 2 N–H and O–H groups in total. The number of nitrogens with zero attached hydrogens (tertiary/aromatic N) is 3. The quantitative estimate of drug-likeness (QED) is 0.386. The number of aliphatic hydroxyl groups is 1. The summed E-state index contributed by atoms with van der Waals surface area (Å²) in [5.41, 5.74) is 5.21. The topological polar surface area (TPSA) is 80.9 Å². The van der Waals surface area contributed by atoms with Crippen molar-refractivity contribution in [3.05, 3.63) is 71.9 Å². The minimum absolute atomic E-state index is 0.135. The van der Waals surface area contributed by atoms with Gasteiger partial charge in [-0.3, -0.25) is 0 Å². The Hall–Kier alpha value is -3.47. The number of halogens is 3. The summed E-state index contributed by atoms with van der Waals surface area (Å²) >= 11 is 0. The zero-order valence-electron chi connectivity index (χ0n) is 18.6. The van der Waals surface area contributed by atoms with Gasteiger partial charge in [0.05, 0.1) is 49.5 Å². The van der Waals surface area contributed by atoms with Gasteiger partial charge in [-0.05, 0) is 17.7 Å². The van der Waals surface area contributed by atoms with Gasteiger partial charge >= 0.3 is 6.18 Å². The average molecular weight is 484 g/mol. The lowest BCUT2D eigenvalue weighted by atomic mass is 10.1. The molecule has 0 spiro atoms. The summed E-state index contributed by atoms with van der Waals surface area (Å²) in [6, 6.07) is 16.5. The Morgan fingerprint density at radius 3 is 2.51 bits per heavy atom. The van der Waals surface area contributed by atoms with Gasteiger partial charge < -0.3 is 19.9 Å². The van der Waals surface area contributed by atoms with Crippen LogP contribution in [0.5, 0.6) is 0 Å². The van der Waals surface area contributed by atoms with Crippen LogP contribution in [-0.2, 0) is 16.1 Å². The molecule has 1 aliphatic heterocycles. The fourth-order valence-electron chi connectivity index (χ4n) is 3.97. The second-order valence-electron chi connectivity index (χ2n) is 8.17. The van der Waals surface area contributed by atoms with Crippen LogP contribution in [-0.4, -0.2) is 45.6 Å². The molecule has 5 rings (SSSR count). The summed E-state index contributed by atoms with van der Waals surface area (Å²) in [5.74, 6) is 0. The van der Waals surface area contributed by atoms with Crippen LogP contribution in [0.2, 0.25) is 0 Å². The molecule has 2 aromatic carbocycles. The van der Waals surface area contributed by atoms with Crippen LogP contribution in [0.25, 0.3) is 28.2 Å². The molecule has 1 fully saturated rings. The Morgan fingerprint density at radius 1 is 1.03 bits per heavy atom. The van der Waals surface area contributed by atoms with Gasteiger partial charge in [0.2, 0.25) is 0 Å². The van der Waals surface area contributed by atoms with E-state index in [2.05, 4.69) is 10.3 Å². The molecule has 0 radical (unpaired) electrons. The van der Waals surface area contributed by atoms with Crippen LogP contribution in [0.3, 0.4) is 0 Å². The normalized spacial score (nSPS) is 14.6. The van der Waals surface area contributed by atoms with Gasteiger partial charge in [-0.15, -0.1) is 0 Å². The molecule has 10 heteroatoms. The third kappa shape index (κ3) is 5.14. The molecule has 0 atom stereocenters. The highest BCUT2D eigenvalue weighted by Gasteiger charge is 2.26. The Labute approximate surface area is 199 Å². The second-order valence-corrected chi connectivity index (χ2v) is 8.17. The minimum atomic E-state index is -4.27. The largest absolute Gasteiger partial charge is 0.392 e. The Bertz CT molecular complexity index is 1320. The summed E-state index contributed by atoms with van der Waals surface area (Å²) < 4.78 is 51.0. The maximum atomic E-state index is 12.8. The molecule has 2 aromatic heterocycles. The lowest BCUT2D eigenvalue weighted by Crippen LogP contribution is -2.15. The second kappa shape index (κ2) is 9.65. The predicted molar refractivity (Wildman–Crippen MR) is 124 cm³/mol. The van der Waals surface area contributed by atoms with E-state index in [1.165, 1.54) is 0 Å². The van der Waals surface area contributed by atoms with E-state index >= 15 is 0 Å². The number of benzene rings is 2. The number of ether oxygens (including phenoxy) is 2. The highest BCUT2D eigenvalue weighted by molar-refractivity contribution is 5.77. The van der Waals surface area contributed by atoms with Gasteiger partial charge in [0.15, 0.2) is 11.9 Å². The molecule has 0 amide bonds. The van der Waals surface area contributed by atoms with Crippen molar-refractivity contribution < 1.29 is 27.8 Å². The van der Waals surface area contributed by atoms with Crippen LogP contribution in [0.1, 0.15) is 23.8 Å². The number of aromatic nitrogens is 3. The first-order chi connectivity index (χ1) is 16.9. The van der Waals surface area contributed by atoms with Crippen molar-refractivity contribution in [1.29, 1.82) is 0 Å². The average Bonchev–Trinajstić information content (AvgIpc) is 3.54. The van der Waals surface area contributed by atoms with Gasteiger partial charge in [-0.25, -0.2) is 9.50 Å². The Kier molecular flexibility index (Phi) is 6.42. The first kappa shape index (κ1) is 23.3. The summed E-state index contributed by atoms with van der Waals surface area (Å²) in [4.78, 5) is 4.45. The Balaban J connectivity index is 1.55. The molecule has 35 heavy (non-hydrogen) atoms. The molecule has 4 aromatic rings. The number of aliphatic hydroxyl groups excluding tert-OH is 1. The summed E-state index contributed by atoms with van der Waals surface area (Å²) in [6.45, 7) is 0.670. The maximum absolute atomic E-state index is 12.8. The van der Waals surface area contributed by atoms with Gasteiger partial charge in [-0.2, -0.15) is 18.3 Å². The lowest BCUT2D eigenvalue weighted by Gasteiger charge is -2.13. The first-order valence-corrected chi connectivity index (χ1v) is 11.1. The van der Waals surface area contributed by atoms with E-state index in [0.29, 0.717) is 41.5 Å². The van der Waals surface area contributed by atoms with E-state index in [1.54, 1.807) is 35.0 Å². The van der Waals surface area contributed by atoms with Crippen LogP contribution < -0.4 is 5.32 Å². The number of alkyl halides is 3. The number of nitrogens with one attached hydrogen (secondary N) is 1. The summed E-state index contributed by atoms with van der Waals surface area (Å²) in [7, 11) is 0. The smallest absolute Gasteiger partial charge is 0.390 e. The fraction of sp³-hybridized carbons (Fsp3) is 0.280. The van der Waals surface area contributed by atoms with Gasteiger partial charge in [0.25, 0.3) is 0 Å². The molecular weight excluding hydrogens is 461 g/mol. The van der Waals surface area contributed by atoms with Gasteiger partial charge in [0.1, 0.15) is 0 Å². The van der Waals surface area contributed by atoms with E-state index < -0.39 is 12.6 Å². The van der Waals surface area contributed by atoms with Gasteiger partial charge in [-0.1, -0.05) is 42.5 Å². The van der Waals surface area contributed by atoms with E-state index in [4.69, 9.17) is 14.6 Å². The van der Waals surface area contributed by atoms with E-state index in [0.717, 1.165) is 16.7 Å². The monoisotopic (exact) mass is 484 g/mol. The zero-order chi connectivity index (χ0) is 24.4. The highest BCUT2D eigenvalue weighted by atomic mass is 19.4. The standard InChI is InChI=1S/C25H23F3N4O3/c26-25(27,28)8-9-29-21-13-20(19-3-1-2-16(12-19)15-33)31-32-22(14-30-23(21)32)17-4-6-18(7-5-17)24-34-10-11-35-24/h1-7,12-14,24,29,33H,8-11,15H2. The van der Waals surface area contributed by atoms with Gasteiger partial charge in [0, 0.05) is 23.2 Å². The van der Waals surface area contributed by atoms with Crippen LogP contribution in [0.15, 0.2) is 60.8 Å². The van der Waals surface area contributed by atoms with Crippen molar-refractivity contribution in [3.63, 3.8) is 0 Å². The first-order valence-electron chi connectivity index (χ1n) is 11.1. The summed E-state index contributed by atoms with van der Waals surface area (Å²) in [5, 5.41) is 17.1. The molecule has 3 heterocycles. The molecule has 0 unspecified atom stereocenters. The predicted octanol–water partition coefficient (Wildman–Crippen LogP) is 4.97. The fourth-order valence-corrected chi connectivity index (χ4v) is 3.97. The lowest BCUT2D eigenvalue weighted by molar-refractivity contribution is -0.131. The van der Waals surface area contributed by atoms with E-state index in [-0.39, 0.29) is 19.4 Å². The summed E-state index contributed by atoms with van der Waals surface area (Å²) in [6.07, 6.45) is -4.00. The molecule has 1 saturated heterocycles. The molecule has 0 bridgehead atoms. The number of anilines is 1. The number of imidazole rings is 1. The third-order valence-corrected chi connectivity index (χ3v) is 5.70. The van der Waals surface area contributed by atoms with Crippen LogP contribution in [0, 0.1) is 0 Å². The van der Waals surface area contributed by atoms with Crippen LogP contribution >= 0.6 is 0 Å². The highest BCUT2D eigenvalue weighted by Crippen LogP contribution is 2.31. The zero-order valence-corrected chi connectivity index (χ0v) is 18.6. The Morgan fingerprint density at radius 2 is 1.80 bits per heavy atom. The molecule has 182 valence electrons. The number of hydrogen-bond donors (Lipinski definition) is 2.